The molecule has 0 spiro atoms. The van der Waals surface area contributed by atoms with Crippen molar-refractivity contribution in [3.8, 4) is 11.5 Å². The molecule has 0 aliphatic carbocycles. The smallest absolute Gasteiger partial charge is 0.315 e. The highest BCUT2D eigenvalue weighted by molar-refractivity contribution is 5.73. The number of urea groups is 1. The van der Waals surface area contributed by atoms with Gasteiger partial charge in [0.2, 0.25) is 0 Å². The predicted molar refractivity (Wildman–Crippen MR) is 94.5 cm³/mol. The van der Waals surface area contributed by atoms with Crippen LogP contribution in [0.1, 0.15) is 18.1 Å². The highest BCUT2D eigenvalue weighted by atomic mass is 16.5. The third-order valence-electron chi connectivity index (χ3n) is 3.36. The Kier molecular flexibility index (Phi) is 6.95. The first-order valence-electron chi connectivity index (χ1n) is 8.10. The SMILES string of the molecule is CCOc1ccc(OCCNC(=O)NCc2ccc(C)cc2)cc1. The predicted octanol–water partition coefficient (Wildman–Crippen LogP) is 3.27. The van der Waals surface area contributed by atoms with Gasteiger partial charge in [0.15, 0.2) is 0 Å². The Hall–Kier alpha value is -2.69. The number of nitrogens with one attached hydrogen (secondary N) is 2. The third-order valence-corrected chi connectivity index (χ3v) is 3.36. The lowest BCUT2D eigenvalue weighted by Gasteiger charge is -2.10. The number of rotatable bonds is 8. The van der Waals surface area contributed by atoms with E-state index in [4.69, 9.17) is 9.47 Å². The molecule has 0 aromatic heterocycles. The molecule has 5 nitrogen and oxygen atoms in total. The molecule has 2 rings (SSSR count). The first-order valence-corrected chi connectivity index (χ1v) is 8.10. The fourth-order valence-corrected chi connectivity index (χ4v) is 2.08. The second-order valence-corrected chi connectivity index (χ2v) is 5.35. The van der Waals surface area contributed by atoms with Crippen molar-refractivity contribution in [1.82, 2.24) is 10.6 Å². The van der Waals surface area contributed by atoms with Crippen LogP contribution in [0.15, 0.2) is 48.5 Å². The van der Waals surface area contributed by atoms with Crippen molar-refractivity contribution in [3.05, 3.63) is 59.7 Å². The van der Waals surface area contributed by atoms with Crippen LogP contribution in [0.25, 0.3) is 0 Å². The molecule has 0 bridgehead atoms. The summed E-state index contributed by atoms with van der Waals surface area (Å²) in [6.45, 7) is 5.97. The van der Waals surface area contributed by atoms with Crippen LogP contribution in [-0.4, -0.2) is 25.8 Å². The highest BCUT2D eigenvalue weighted by Crippen LogP contribution is 2.17. The number of carbonyl (C=O) groups excluding carboxylic acids is 1. The van der Waals surface area contributed by atoms with Gasteiger partial charge in [-0.15, -0.1) is 0 Å². The standard InChI is InChI=1S/C19H24N2O3/c1-3-23-17-8-10-18(11-9-17)24-13-12-20-19(22)21-14-16-6-4-15(2)5-7-16/h4-11H,3,12-14H2,1-2H3,(H2,20,21,22). The van der Waals surface area contributed by atoms with Crippen molar-refractivity contribution in [2.24, 2.45) is 0 Å². The topological polar surface area (TPSA) is 59.6 Å². The molecule has 2 amide bonds. The summed E-state index contributed by atoms with van der Waals surface area (Å²) in [5, 5.41) is 5.58. The van der Waals surface area contributed by atoms with E-state index in [0.29, 0.717) is 26.3 Å². The maximum atomic E-state index is 11.7. The molecule has 24 heavy (non-hydrogen) atoms. The van der Waals surface area contributed by atoms with Gasteiger partial charge in [-0.1, -0.05) is 29.8 Å². The van der Waals surface area contributed by atoms with Crippen LogP contribution in [0.4, 0.5) is 4.79 Å². The molecule has 2 aromatic rings. The van der Waals surface area contributed by atoms with E-state index in [0.717, 1.165) is 17.1 Å². The van der Waals surface area contributed by atoms with Crippen LogP contribution in [0.3, 0.4) is 0 Å². The molecule has 0 saturated heterocycles. The molecule has 0 radical (unpaired) electrons. The number of aryl methyl sites for hydroxylation is 1. The van der Waals surface area contributed by atoms with E-state index in [9.17, 15) is 4.79 Å². The third kappa shape index (κ3) is 6.20. The fourth-order valence-electron chi connectivity index (χ4n) is 2.08. The Labute approximate surface area is 143 Å². The molecule has 2 N–H and O–H groups in total. The summed E-state index contributed by atoms with van der Waals surface area (Å²) in [5.41, 5.74) is 2.27. The fraction of sp³-hybridized carbons (Fsp3) is 0.316. The zero-order valence-electron chi connectivity index (χ0n) is 14.2. The van der Waals surface area contributed by atoms with Gasteiger partial charge in [0.05, 0.1) is 13.2 Å². The number of benzene rings is 2. The Morgan fingerprint density at radius 1 is 0.917 bits per heavy atom. The van der Waals surface area contributed by atoms with Gasteiger partial charge in [0.1, 0.15) is 18.1 Å². The lowest BCUT2D eigenvalue weighted by atomic mass is 10.1. The summed E-state index contributed by atoms with van der Waals surface area (Å²) < 4.78 is 10.9. The van der Waals surface area contributed by atoms with E-state index in [2.05, 4.69) is 10.6 Å². The van der Waals surface area contributed by atoms with Gasteiger partial charge in [0, 0.05) is 6.54 Å². The van der Waals surface area contributed by atoms with E-state index >= 15 is 0 Å². The van der Waals surface area contributed by atoms with Crippen LogP contribution >= 0.6 is 0 Å². The minimum atomic E-state index is -0.203. The number of hydrogen-bond donors (Lipinski definition) is 2. The first-order chi connectivity index (χ1) is 11.7. The normalized spacial score (nSPS) is 10.1. The molecule has 0 aliphatic rings. The molecule has 0 atom stereocenters. The van der Waals surface area contributed by atoms with Crippen LogP contribution in [0.5, 0.6) is 11.5 Å². The molecular weight excluding hydrogens is 304 g/mol. The van der Waals surface area contributed by atoms with E-state index in [1.165, 1.54) is 5.56 Å². The van der Waals surface area contributed by atoms with Gasteiger partial charge in [-0.2, -0.15) is 0 Å². The quantitative estimate of drug-likeness (QED) is 0.731. The zero-order chi connectivity index (χ0) is 17.2. The number of carbonyl (C=O) groups is 1. The monoisotopic (exact) mass is 328 g/mol. The summed E-state index contributed by atoms with van der Waals surface area (Å²) in [4.78, 5) is 11.7. The second-order valence-electron chi connectivity index (χ2n) is 5.35. The average Bonchev–Trinajstić information content (AvgIpc) is 2.60. The molecule has 0 saturated carbocycles. The van der Waals surface area contributed by atoms with Gasteiger partial charge >= 0.3 is 6.03 Å². The largest absolute Gasteiger partial charge is 0.494 e. The van der Waals surface area contributed by atoms with Crippen LogP contribution in [0, 0.1) is 6.92 Å². The molecule has 5 heteroatoms. The van der Waals surface area contributed by atoms with Gasteiger partial charge in [-0.3, -0.25) is 0 Å². The Balaban J connectivity index is 1.61. The van der Waals surface area contributed by atoms with E-state index in [-0.39, 0.29) is 6.03 Å². The van der Waals surface area contributed by atoms with Crippen molar-refractivity contribution in [2.45, 2.75) is 20.4 Å². The lowest BCUT2D eigenvalue weighted by Crippen LogP contribution is -2.37. The van der Waals surface area contributed by atoms with E-state index in [1.54, 1.807) is 0 Å². The van der Waals surface area contributed by atoms with E-state index < -0.39 is 0 Å². The summed E-state index contributed by atoms with van der Waals surface area (Å²) in [6, 6.07) is 15.3. The summed E-state index contributed by atoms with van der Waals surface area (Å²) in [5.74, 6) is 1.57. The zero-order valence-corrected chi connectivity index (χ0v) is 14.2. The molecule has 0 unspecified atom stereocenters. The Morgan fingerprint density at radius 2 is 1.54 bits per heavy atom. The van der Waals surface area contributed by atoms with Gasteiger partial charge in [-0.05, 0) is 43.7 Å². The minimum Gasteiger partial charge on any atom is -0.494 e. The van der Waals surface area contributed by atoms with Crippen molar-refractivity contribution in [3.63, 3.8) is 0 Å². The van der Waals surface area contributed by atoms with Crippen molar-refractivity contribution < 1.29 is 14.3 Å². The van der Waals surface area contributed by atoms with Crippen LogP contribution < -0.4 is 20.1 Å². The summed E-state index contributed by atoms with van der Waals surface area (Å²) in [6.07, 6.45) is 0. The number of ether oxygens (including phenoxy) is 2. The second kappa shape index (κ2) is 9.45. The van der Waals surface area contributed by atoms with Gasteiger partial charge in [0.25, 0.3) is 0 Å². The highest BCUT2D eigenvalue weighted by Gasteiger charge is 2.01. The molecule has 0 heterocycles. The van der Waals surface area contributed by atoms with Crippen molar-refractivity contribution >= 4 is 6.03 Å². The van der Waals surface area contributed by atoms with Gasteiger partial charge < -0.3 is 20.1 Å². The molecule has 0 aliphatic heterocycles. The molecule has 0 fully saturated rings. The average molecular weight is 328 g/mol. The van der Waals surface area contributed by atoms with Crippen molar-refractivity contribution in [1.29, 1.82) is 0 Å². The lowest BCUT2D eigenvalue weighted by molar-refractivity contribution is 0.236. The van der Waals surface area contributed by atoms with E-state index in [1.807, 2.05) is 62.4 Å². The summed E-state index contributed by atoms with van der Waals surface area (Å²) >= 11 is 0. The van der Waals surface area contributed by atoms with Gasteiger partial charge in [-0.25, -0.2) is 4.79 Å². The Morgan fingerprint density at radius 3 is 2.17 bits per heavy atom. The molecular formula is C19H24N2O3. The maximum absolute atomic E-state index is 11.7. The maximum Gasteiger partial charge on any atom is 0.315 e. The molecule has 128 valence electrons. The van der Waals surface area contributed by atoms with Crippen LogP contribution in [-0.2, 0) is 6.54 Å². The number of hydrogen-bond acceptors (Lipinski definition) is 3. The number of amides is 2. The first kappa shape index (κ1) is 17.7. The van der Waals surface area contributed by atoms with Crippen molar-refractivity contribution in [2.75, 3.05) is 19.8 Å². The summed E-state index contributed by atoms with van der Waals surface area (Å²) in [7, 11) is 0. The minimum absolute atomic E-state index is 0.203. The molecule has 2 aromatic carbocycles. The Bertz CT molecular complexity index is 624. The van der Waals surface area contributed by atoms with Crippen LogP contribution in [0.2, 0.25) is 0 Å².